The first-order valence-corrected chi connectivity index (χ1v) is 14.0. The van der Waals surface area contributed by atoms with E-state index in [-0.39, 0.29) is 5.92 Å². The molecule has 192 valence electrons. The van der Waals surface area contributed by atoms with Crippen molar-refractivity contribution >= 4 is 11.1 Å². The zero-order valence-electron chi connectivity index (χ0n) is 22.3. The van der Waals surface area contributed by atoms with Crippen molar-refractivity contribution in [1.29, 1.82) is 5.26 Å². The van der Waals surface area contributed by atoms with E-state index in [0.717, 1.165) is 53.4 Å². The van der Waals surface area contributed by atoms with Crippen molar-refractivity contribution in [3.8, 4) is 23.1 Å². The van der Waals surface area contributed by atoms with Crippen molar-refractivity contribution in [2.75, 3.05) is 0 Å². The summed E-state index contributed by atoms with van der Waals surface area (Å²) < 4.78 is 13.4. The molecule has 0 saturated heterocycles. The molecule has 4 aromatic rings. The van der Waals surface area contributed by atoms with Gasteiger partial charge in [0, 0.05) is 11.1 Å². The van der Waals surface area contributed by atoms with Crippen LogP contribution >= 0.6 is 0 Å². The van der Waals surface area contributed by atoms with E-state index in [1.807, 2.05) is 36.4 Å². The van der Waals surface area contributed by atoms with Crippen LogP contribution in [0.2, 0.25) is 0 Å². The number of nitriles is 1. The molecule has 0 fully saturated rings. The van der Waals surface area contributed by atoms with Gasteiger partial charge in [0.2, 0.25) is 0 Å². The second kappa shape index (κ2) is 8.60. The van der Waals surface area contributed by atoms with Gasteiger partial charge in [0.05, 0.1) is 22.6 Å². The lowest BCUT2D eigenvalue weighted by Gasteiger charge is -2.45. The van der Waals surface area contributed by atoms with Gasteiger partial charge in [-0.1, -0.05) is 67.6 Å². The van der Waals surface area contributed by atoms with E-state index in [2.05, 4.69) is 79.8 Å². The highest BCUT2D eigenvalue weighted by atomic mass is 16.5. The second-order valence-electron chi connectivity index (χ2n) is 11.1. The Labute approximate surface area is 234 Å². The van der Waals surface area contributed by atoms with Crippen LogP contribution in [0.1, 0.15) is 54.2 Å². The standard InChI is InChI=1S/C37H27NO2/c1-23-14-19-28(33-21-20-32(39-33)25-17-15-24(22-38)16-18-25)36-35(23)37(31-12-6-7-13-34(31)40-36)29-10-4-2-8-26(29)27-9-3-5-11-30(27)37/h2,4-8,10-13,15-21,23H,3,9,14H2,1H3. The van der Waals surface area contributed by atoms with Crippen LogP contribution in [0.15, 0.2) is 124 Å². The first-order chi connectivity index (χ1) is 19.7. The van der Waals surface area contributed by atoms with Gasteiger partial charge in [-0.15, -0.1) is 0 Å². The predicted octanol–water partition coefficient (Wildman–Crippen LogP) is 8.99. The molecule has 0 bridgehead atoms. The Kier molecular flexibility index (Phi) is 4.97. The Bertz CT molecular complexity index is 1870. The van der Waals surface area contributed by atoms with Crippen molar-refractivity contribution < 1.29 is 9.15 Å². The predicted molar refractivity (Wildman–Crippen MR) is 157 cm³/mol. The summed E-state index contributed by atoms with van der Waals surface area (Å²) in [5.74, 6) is 3.69. The Balaban J connectivity index is 1.36. The van der Waals surface area contributed by atoms with E-state index in [0.29, 0.717) is 5.56 Å². The third-order valence-electron chi connectivity index (χ3n) is 8.97. The molecular weight excluding hydrogens is 490 g/mol. The van der Waals surface area contributed by atoms with Gasteiger partial charge in [0.15, 0.2) is 0 Å². The summed E-state index contributed by atoms with van der Waals surface area (Å²) in [6.07, 6.45) is 10.0. The summed E-state index contributed by atoms with van der Waals surface area (Å²) in [7, 11) is 0. The maximum absolute atomic E-state index is 9.19. The normalized spacial score (nSPS) is 22.2. The third-order valence-corrected chi connectivity index (χ3v) is 8.97. The fourth-order valence-corrected chi connectivity index (χ4v) is 7.30. The summed E-state index contributed by atoms with van der Waals surface area (Å²) in [4.78, 5) is 0. The van der Waals surface area contributed by atoms with Crippen molar-refractivity contribution in [2.45, 2.75) is 31.6 Å². The summed E-state index contributed by atoms with van der Waals surface area (Å²) in [6.45, 7) is 2.33. The van der Waals surface area contributed by atoms with Crippen LogP contribution in [0.4, 0.5) is 0 Å². The molecule has 0 saturated carbocycles. The van der Waals surface area contributed by atoms with Gasteiger partial charge in [-0.05, 0) is 95.5 Å². The summed E-state index contributed by atoms with van der Waals surface area (Å²) in [6, 6.07) is 31.3. The number of hydrogen-bond acceptors (Lipinski definition) is 3. The molecule has 3 nitrogen and oxygen atoms in total. The smallest absolute Gasteiger partial charge is 0.139 e. The van der Waals surface area contributed by atoms with Crippen LogP contribution in [-0.4, -0.2) is 0 Å². The molecule has 3 heteroatoms. The van der Waals surface area contributed by atoms with Crippen LogP contribution in [0.25, 0.3) is 22.5 Å². The molecule has 40 heavy (non-hydrogen) atoms. The van der Waals surface area contributed by atoms with Crippen molar-refractivity contribution in [3.63, 3.8) is 0 Å². The number of nitrogens with zero attached hydrogens (tertiary/aromatic N) is 1. The summed E-state index contributed by atoms with van der Waals surface area (Å²) in [5, 5.41) is 9.19. The summed E-state index contributed by atoms with van der Waals surface area (Å²) >= 11 is 0. The van der Waals surface area contributed by atoms with Gasteiger partial charge >= 0.3 is 0 Å². The van der Waals surface area contributed by atoms with Crippen molar-refractivity contribution in [2.24, 2.45) is 5.92 Å². The molecule has 1 spiro atoms. The van der Waals surface area contributed by atoms with E-state index < -0.39 is 5.41 Å². The number of benzene rings is 3. The molecule has 1 aliphatic heterocycles. The highest BCUT2D eigenvalue weighted by Crippen LogP contribution is 2.64. The Morgan fingerprint density at radius 3 is 2.50 bits per heavy atom. The van der Waals surface area contributed by atoms with E-state index in [1.165, 1.54) is 33.4 Å². The molecule has 2 atom stereocenters. The van der Waals surface area contributed by atoms with Gasteiger partial charge in [0.1, 0.15) is 23.0 Å². The molecule has 2 unspecified atom stereocenters. The first kappa shape index (κ1) is 23.1. The SMILES string of the molecule is CC1CC=C(c2ccc(-c3ccc(C#N)cc3)o2)C2=C1C1(C3=C(CCC=C3)c3ccccc31)c1ccccc1O2. The number of hydrogen-bond donors (Lipinski definition) is 0. The molecule has 4 aliphatic rings. The lowest BCUT2D eigenvalue weighted by molar-refractivity contribution is 0.372. The lowest BCUT2D eigenvalue weighted by Crippen LogP contribution is -2.39. The molecule has 1 aromatic heterocycles. The van der Waals surface area contributed by atoms with Crippen LogP contribution in [-0.2, 0) is 5.41 Å². The molecule has 0 amide bonds. The van der Waals surface area contributed by atoms with Gasteiger partial charge in [-0.3, -0.25) is 0 Å². The number of allylic oxidation sites excluding steroid dienone is 7. The van der Waals surface area contributed by atoms with E-state index >= 15 is 0 Å². The van der Waals surface area contributed by atoms with E-state index in [4.69, 9.17) is 9.15 Å². The monoisotopic (exact) mass is 517 g/mol. The number of rotatable bonds is 2. The average molecular weight is 518 g/mol. The van der Waals surface area contributed by atoms with Crippen molar-refractivity contribution in [1.82, 2.24) is 0 Å². The second-order valence-corrected chi connectivity index (χ2v) is 11.1. The Morgan fingerprint density at radius 2 is 1.65 bits per heavy atom. The fraction of sp³-hybridized carbons (Fsp3) is 0.162. The zero-order chi connectivity index (χ0) is 26.8. The quantitative estimate of drug-likeness (QED) is 0.267. The highest BCUT2D eigenvalue weighted by molar-refractivity contribution is 5.92. The lowest BCUT2D eigenvalue weighted by atomic mass is 9.59. The fourth-order valence-electron chi connectivity index (χ4n) is 7.30. The van der Waals surface area contributed by atoms with Crippen LogP contribution < -0.4 is 4.74 Å². The first-order valence-electron chi connectivity index (χ1n) is 14.0. The highest BCUT2D eigenvalue weighted by Gasteiger charge is 2.55. The number of para-hydroxylation sites is 1. The Morgan fingerprint density at radius 1 is 0.875 bits per heavy atom. The molecule has 2 heterocycles. The zero-order valence-corrected chi connectivity index (χ0v) is 22.3. The van der Waals surface area contributed by atoms with E-state index in [1.54, 1.807) is 0 Å². The molecule has 3 aliphatic carbocycles. The molecule has 0 N–H and O–H groups in total. The van der Waals surface area contributed by atoms with Crippen LogP contribution in [0.5, 0.6) is 5.75 Å². The van der Waals surface area contributed by atoms with E-state index in [9.17, 15) is 5.26 Å². The topological polar surface area (TPSA) is 46.2 Å². The van der Waals surface area contributed by atoms with Gasteiger partial charge in [0.25, 0.3) is 0 Å². The third kappa shape index (κ3) is 3.05. The molecular formula is C37H27NO2. The number of fused-ring (bicyclic) bond motifs is 7. The van der Waals surface area contributed by atoms with Crippen molar-refractivity contribution in [3.05, 3.63) is 148 Å². The Hall–Kier alpha value is -4.81. The minimum absolute atomic E-state index is 0.287. The minimum Gasteiger partial charge on any atom is -0.456 e. The average Bonchev–Trinajstić information content (AvgIpc) is 3.60. The van der Waals surface area contributed by atoms with Crippen LogP contribution in [0.3, 0.4) is 0 Å². The minimum atomic E-state index is -0.394. The van der Waals surface area contributed by atoms with Gasteiger partial charge in [-0.25, -0.2) is 0 Å². The summed E-state index contributed by atoms with van der Waals surface area (Å²) in [5.41, 5.74) is 10.3. The van der Waals surface area contributed by atoms with Gasteiger partial charge in [-0.2, -0.15) is 5.26 Å². The maximum atomic E-state index is 9.19. The number of furan rings is 1. The molecule has 3 aromatic carbocycles. The largest absolute Gasteiger partial charge is 0.456 e. The van der Waals surface area contributed by atoms with Crippen LogP contribution in [0, 0.1) is 17.2 Å². The van der Waals surface area contributed by atoms with Gasteiger partial charge < -0.3 is 9.15 Å². The maximum Gasteiger partial charge on any atom is 0.139 e. The molecule has 0 radical (unpaired) electrons. The number of ether oxygens (including phenoxy) is 1. The molecule has 8 rings (SSSR count).